The van der Waals surface area contributed by atoms with E-state index in [4.69, 9.17) is 0 Å². The molecule has 0 saturated heterocycles. The fourth-order valence-electron chi connectivity index (χ4n) is 5.21. The van der Waals surface area contributed by atoms with Crippen LogP contribution in [0.3, 0.4) is 0 Å². The maximum Gasteiger partial charge on any atom is 0.263 e. The van der Waals surface area contributed by atoms with Gasteiger partial charge >= 0.3 is 0 Å². The lowest BCUT2D eigenvalue weighted by atomic mass is 9.96. The van der Waals surface area contributed by atoms with E-state index < -0.39 is 0 Å². The summed E-state index contributed by atoms with van der Waals surface area (Å²) in [6.07, 6.45) is 3.85. The zero-order valence-electron chi connectivity index (χ0n) is 22.7. The Kier molecular flexibility index (Phi) is 7.70. The van der Waals surface area contributed by atoms with Crippen molar-refractivity contribution in [2.75, 3.05) is 0 Å². The minimum absolute atomic E-state index is 0.0335. The van der Waals surface area contributed by atoms with Gasteiger partial charge in [-0.3, -0.25) is 9.36 Å². The van der Waals surface area contributed by atoms with Crippen LogP contribution in [-0.4, -0.2) is 4.57 Å². The van der Waals surface area contributed by atoms with E-state index in [1.54, 1.807) is 0 Å². The molecule has 2 heteroatoms. The monoisotopic (exact) mass is 517 g/mol. The van der Waals surface area contributed by atoms with E-state index in [1.165, 1.54) is 0 Å². The van der Waals surface area contributed by atoms with E-state index in [0.717, 1.165) is 55.4 Å². The van der Waals surface area contributed by atoms with E-state index in [9.17, 15) is 4.79 Å². The molecule has 0 spiro atoms. The second-order valence-electron chi connectivity index (χ2n) is 9.36. The van der Waals surface area contributed by atoms with Crippen LogP contribution in [0.25, 0.3) is 55.2 Å². The van der Waals surface area contributed by atoms with Gasteiger partial charge < -0.3 is 0 Å². The Balaban J connectivity index is 0.00000158. The van der Waals surface area contributed by atoms with Gasteiger partial charge in [0.05, 0.1) is 5.52 Å². The topological polar surface area (TPSA) is 22.0 Å². The molecule has 2 nitrogen and oxygen atoms in total. The third kappa shape index (κ3) is 4.83. The van der Waals surface area contributed by atoms with Crippen molar-refractivity contribution in [2.45, 2.75) is 6.92 Å². The van der Waals surface area contributed by atoms with Gasteiger partial charge in [-0.1, -0.05) is 110 Å². The van der Waals surface area contributed by atoms with E-state index in [2.05, 4.69) is 86.5 Å². The molecule has 0 aliphatic heterocycles. The predicted octanol–water partition coefficient (Wildman–Crippen LogP) is 9.87. The van der Waals surface area contributed by atoms with Gasteiger partial charge in [-0.15, -0.1) is 13.2 Å². The first kappa shape index (κ1) is 26.4. The number of nitrogens with zero attached hydrogens (tertiary/aromatic N) is 1. The summed E-state index contributed by atoms with van der Waals surface area (Å²) >= 11 is 0. The molecule has 0 amide bonds. The molecule has 0 bridgehead atoms. The number of rotatable bonds is 5. The molecule has 0 atom stereocenters. The minimum Gasteiger partial charge on any atom is -0.276 e. The largest absolute Gasteiger partial charge is 0.276 e. The molecule has 1 heterocycles. The maximum absolute atomic E-state index is 14.1. The number of hydrogen-bond acceptors (Lipinski definition) is 1. The lowest BCUT2D eigenvalue weighted by molar-refractivity contribution is 1.06. The molecule has 0 fully saturated rings. The van der Waals surface area contributed by atoms with Gasteiger partial charge in [0.2, 0.25) is 0 Å². The molecule has 1 aromatic heterocycles. The van der Waals surface area contributed by atoms with Crippen LogP contribution in [-0.2, 0) is 0 Å². The van der Waals surface area contributed by atoms with Crippen LogP contribution in [0, 0.1) is 0 Å². The highest BCUT2D eigenvalue weighted by Gasteiger charge is 2.15. The van der Waals surface area contributed by atoms with Gasteiger partial charge in [-0.05, 0) is 76.0 Å². The van der Waals surface area contributed by atoms with Crippen molar-refractivity contribution in [3.8, 4) is 27.9 Å². The Morgan fingerprint density at radius 2 is 1.20 bits per heavy atom. The molecule has 194 valence electrons. The highest BCUT2D eigenvalue weighted by atomic mass is 16.1. The Hall–Kier alpha value is -5.21. The first-order valence-corrected chi connectivity index (χ1v) is 13.3. The first-order valence-electron chi connectivity index (χ1n) is 13.3. The van der Waals surface area contributed by atoms with Crippen LogP contribution in [0.4, 0.5) is 0 Å². The maximum atomic E-state index is 14.1. The fourth-order valence-corrected chi connectivity index (χ4v) is 5.21. The zero-order chi connectivity index (χ0) is 28.1. The normalized spacial score (nSPS) is 11.2. The smallest absolute Gasteiger partial charge is 0.263 e. The standard InChI is InChI=1S/C36H27NO.C2H4/c1-3-25(4-2)29-17-21-32-33-23-30(27-13-9-6-10-14-27)18-22-35(33)37(36(38)34(32)24-29)31-19-15-28(16-20-31)26-11-7-5-8-12-26;1-2/h3-24H,1H2,2H3;1-2H2/b25-4+;. The molecule has 6 aromatic rings. The van der Waals surface area contributed by atoms with E-state index >= 15 is 0 Å². The van der Waals surface area contributed by atoms with Crippen molar-refractivity contribution in [3.63, 3.8) is 0 Å². The van der Waals surface area contributed by atoms with Crippen molar-refractivity contribution in [1.29, 1.82) is 0 Å². The van der Waals surface area contributed by atoms with Gasteiger partial charge in [0.1, 0.15) is 0 Å². The Morgan fingerprint density at radius 1 is 0.625 bits per heavy atom. The van der Waals surface area contributed by atoms with E-state index in [0.29, 0.717) is 5.39 Å². The SMILES string of the molecule is C=C.C=C/C(=C\C)c1ccc2c(c1)c(=O)n(-c1ccc(-c3ccccc3)cc1)c1ccc(-c3ccccc3)cc21. The van der Waals surface area contributed by atoms with Gasteiger partial charge in [-0.25, -0.2) is 0 Å². The first-order chi connectivity index (χ1) is 19.7. The summed E-state index contributed by atoms with van der Waals surface area (Å²) < 4.78 is 1.84. The van der Waals surface area contributed by atoms with Crippen LogP contribution in [0.5, 0.6) is 0 Å². The van der Waals surface area contributed by atoms with Gasteiger partial charge in [-0.2, -0.15) is 0 Å². The Morgan fingerprint density at radius 3 is 1.80 bits per heavy atom. The highest BCUT2D eigenvalue weighted by Crippen LogP contribution is 2.32. The number of allylic oxidation sites excluding steroid dienone is 3. The molecule has 0 unspecified atom stereocenters. The van der Waals surface area contributed by atoms with Crippen LogP contribution in [0.15, 0.2) is 158 Å². The lowest BCUT2D eigenvalue weighted by Gasteiger charge is -2.16. The second kappa shape index (κ2) is 11.7. The minimum atomic E-state index is -0.0335. The number of benzene rings is 5. The number of hydrogen-bond donors (Lipinski definition) is 0. The molecule has 0 aliphatic rings. The average Bonchev–Trinajstić information content (AvgIpc) is 3.04. The molecule has 0 N–H and O–H groups in total. The molecule has 6 rings (SSSR count). The zero-order valence-corrected chi connectivity index (χ0v) is 22.7. The van der Waals surface area contributed by atoms with Gasteiger partial charge in [0.15, 0.2) is 0 Å². The number of aromatic nitrogens is 1. The summed E-state index contributed by atoms with van der Waals surface area (Å²) in [4.78, 5) is 14.1. The molecule has 40 heavy (non-hydrogen) atoms. The molecule has 0 aliphatic carbocycles. The Bertz CT molecular complexity index is 1890. The quantitative estimate of drug-likeness (QED) is 0.127. The summed E-state index contributed by atoms with van der Waals surface area (Å²) in [6.45, 7) is 11.9. The fraction of sp³-hybridized carbons (Fsp3) is 0.0263. The van der Waals surface area contributed by atoms with Crippen LogP contribution >= 0.6 is 0 Å². The lowest BCUT2D eigenvalue weighted by Crippen LogP contribution is -2.19. The van der Waals surface area contributed by atoms with Crippen LogP contribution < -0.4 is 5.56 Å². The predicted molar refractivity (Wildman–Crippen MR) is 173 cm³/mol. The molecule has 0 saturated carbocycles. The number of fused-ring (bicyclic) bond motifs is 3. The van der Waals surface area contributed by atoms with Crippen LogP contribution in [0.1, 0.15) is 12.5 Å². The van der Waals surface area contributed by atoms with Crippen molar-refractivity contribution in [1.82, 2.24) is 4.57 Å². The summed E-state index contributed by atoms with van der Waals surface area (Å²) in [7, 11) is 0. The molecule has 0 radical (unpaired) electrons. The summed E-state index contributed by atoms with van der Waals surface area (Å²) in [5.74, 6) is 0. The van der Waals surface area contributed by atoms with Crippen molar-refractivity contribution < 1.29 is 0 Å². The van der Waals surface area contributed by atoms with Crippen LogP contribution in [0.2, 0.25) is 0 Å². The summed E-state index contributed by atoms with van der Waals surface area (Å²) in [6, 6.07) is 41.4. The molecular formula is C38H31NO. The molecular weight excluding hydrogens is 486 g/mol. The van der Waals surface area contributed by atoms with Crippen molar-refractivity contribution in [3.05, 3.63) is 169 Å². The van der Waals surface area contributed by atoms with E-state index in [1.807, 2.05) is 78.2 Å². The highest BCUT2D eigenvalue weighted by molar-refractivity contribution is 6.08. The number of pyridine rings is 1. The van der Waals surface area contributed by atoms with E-state index in [-0.39, 0.29) is 5.56 Å². The third-order valence-corrected chi connectivity index (χ3v) is 7.18. The summed E-state index contributed by atoms with van der Waals surface area (Å²) in [5, 5.41) is 2.68. The van der Waals surface area contributed by atoms with Gasteiger partial charge in [0, 0.05) is 16.5 Å². The Labute approximate surface area is 235 Å². The average molecular weight is 518 g/mol. The summed E-state index contributed by atoms with van der Waals surface area (Å²) in [5.41, 5.74) is 8.21. The van der Waals surface area contributed by atoms with Crippen molar-refractivity contribution >= 4 is 27.2 Å². The third-order valence-electron chi connectivity index (χ3n) is 7.18. The van der Waals surface area contributed by atoms with Gasteiger partial charge in [0.25, 0.3) is 5.56 Å². The second-order valence-corrected chi connectivity index (χ2v) is 9.36. The molecule has 5 aromatic carbocycles. The van der Waals surface area contributed by atoms with Crippen molar-refractivity contribution in [2.24, 2.45) is 0 Å².